The number of nitrogens with one attached hydrogen (secondary N) is 3. The Morgan fingerprint density at radius 3 is 2.65 bits per heavy atom. The molecule has 3 N–H and O–H groups in total. The maximum atomic E-state index is 11.9. The standard InChI is InChI=1S/C11H12ClN3O4S/c12-7-2-1-3-8(6-7)20(18,19)13-5-4-9-10(16)15-11(17)14-9/h1-3,6,9,13H,4-5H2,(H2,14,15,16,17). The zero-order chi connectivity index (χ0) is 14.8. The minimum absolute atomic E-state index is 0.0210. The molecule has 1 saturated heterocycles. The lowest BCUT2D eigenvalue weighted by molar-refractivity contribution is -0.120. The fraction of sp³-hybridized carbons (Fsp3) is 0.273. The van der Waals surface area contributed by atoms with Gasteiger partial charge >= 0.3 is 6.03 Å². The molecule has 1 atom stereocenters. The van der Waals surface area contributed by atoms with E-state index in [1.54, 1.807) is 6.07 Å². The molecule has 20 heavy (non-hydrogen) atoms. The molecule has 108 valence electrons. The van der Waals surface area contributed by atoms with Crippen molar-refractivity contribution < 1.29 is 18.0 Å². The SMILES string of the molecule is O=C1NC(=O)C(CCNS(=O)(=O)c2cccc(Cl)c2)N1. The summed E-state index contributed by atoms with van der Waals surface area (Å²) < 4.78 is 26.2. The summed E-state index contributed by atoms with van der Waals surface area (Å²) in [5.41, 5.74) is 0. The number of urea groups is 1. The quantitative estimate of drug-likeness (QED) is 0.675. The fourth-order valence-corrected chi connectivity index (χ4v) is 3.07. The van der Waals surface area contributed by atoms with Crippen LogP contribution in [-0.2, 0) is 14.8 Å². The molecule has 0 radical (unpaired) electrons. The van der Waals surface area contributed by atoms with Crippen LogP contribution < -0.4 is 15.4 Å². The summed E-state index contributed by atoms with van der Waals surface area (Å²) in [4.78, 5) is 22.2. The minimum Gasteiger partial charge on any atom is -0.326 e. The average Bonchev–Trinajstić information content (AvgIpc) is 2.68. The molecule has 0 aromatic heterocycles. The highest BCUT2D eigenvalue weighted by Crippen LogP contribution is 2.15. The molecule has 1 aromatic rings. The van der Waals surface area contributed by atoms with Crippen molar-refractivity contribution in [2.75, 3.05) is 6.54 Å². The number of benzene rings is 1. The maximum absolute atomic E-state index is 11.9. The van der Waals surface area contributed by atoms with Crippen LogP contribution in [0.1, 0.15) is 6.42 Å². The molecule has 2 rings (SSSR count). The van der Waals surface area contributed by atoms with E-state index in [9.17, 15) is 18.0 Å². The van der Waals surface area contributed by atoms with Crippen LogP contribution in [0.4, 0.5) is 4.79 Å². The van der Waals surface area contributed by atoms with Gasteiger partial charge in [-0.3, -0.25) is 10.1 Å². The Bertz CT molecular complexity index is 647. The van der Waals surface area contributed by atoms with E-state index in [-0.39, 0.29) is 17.9 Å². The lowest BCUT2D eigenvalue weighted by Gasteiger charge is -2.09. The molecule has 3 amide bonds. The predicted octanol–water partition coefficient (Wildman–Crippen LogP) is 0.216. The van der Waals surface area contributed by atoms with E-state index in [1.807, 2.05) is 0 Å². The van der Waals surface area contributed by atoms with Crippen molar-refractivity contribution in [3.05, 3.63) is 29.3 Å². The van der Waals surface area contributed by atoms with Crippen molar-refractivity contribution >= 4 is 33.6 Å². The molecule has 1 heterocycles. The Hall–Kier alpha value is -1.64. The molecule has 0 bridgehead atoms. The van der Waals surface area contributed by atoms with E-state index < -0.39 is 28.0 Å². The third-order valence-electron chi connectivity index (χ3n) is 2.69. The van der Waals surface area contributed by atoms with Crippen LogP contribution in [0.2, 0.25) is 5.02 Å². The highest BCUT2D eigenvalue weighted by Gasteiger charge is 2.29. The third-order valence-corrected chi connectivity index (χ3v) is 4.38. The van der Waals surface area contributed by atoms with Crippen LogP contribution in [-0.4, -0.2) is 32.9 Å². The largest absolute Gasteiger partial charge is 0.326 e. The first kappa shape index (κ1) is 14.8. The number of carbonyl (C=O) groups excluding carboxylic acids is 2. The molecule has 0 aliphatic carbocycles. The van der Waals surface area contributed by atoms with E-state index in [0.29, 0.717) is 5.02 Å². The molecule has 1 aromatic carbocycles. The van der Waals surface area contributed by atoms with Gasteiger partial charge in [0.1, 0.15) is 6.04 Å². The predicted molar refractivity (Wildman–Crippen MR) is 71.7 cm³/mol. The monoisotopic (exact) mass is 317 g/mol. The summed E-state index contributed by atoms with van der Waals surface area (Å²) in [5, 5.41) is 4.77. The Morgan fingerprint density at radius 2 is 2.05 bits per heavy atom. The van der Waals surface area contributed by atoms with Gasteiger partial charge in [0.25, 0.3) is 5.91 Å². The lowest BCUT2D eigenvalue weighted by Crippen LogP contribution is -2.34. The van der Waals surface area contributed by atoms with Gasteiger partial charge < -0.3 is 5.32 Å². The molecule has 1 unspecified atom stereocenters. The molecular formula is C11H12ClN3O4S. The van der Waals surface area contributed by atoms with E-state index in [2.05, 4.69) is 15.4 Å². The molecule has 0 spiro atoms. The van der Waals surface area contributed by atoms with Crippen LogP contribution in [0.25, 0.3) is 0 Å². The highest BCUT2D eigenvalue weighted by molar-refractivity contribution is 7.89. The molecule has 9 heteroatoms. The van der Waals surface area contributed by atoms with Gasteiger partial charge in [-0.05, 0) is 24.6 Å². The van der Waals surface area contributed by atoms with Gasteiger partial charge in [-0.2, -0.15) is 0 Å². The number of carbonyl (C=O) groups is 2. The van der Waals surface area contributed by atoms with E-state index >= 15 is 0 Å². The minimum atomic E-state index is -3.68. The molecule has 1 fully saturated rings. The number of imide groups is 1. The van der Waals surface area contributed by atoms with Gasteiger partial charge in [-0.25, -0.2) is 17.9 Å². The summed E-state index contributed by atoms with van der Waals surface area (Å²) in [5.74, 6) is -0.461. The van der Waals surface area contributed by atoms with Gasteiger partial charge in [0.2, 0.25) is 10.0 Å². The van der Waals surface area contributed by atoms with E-state index in [4.69, 9.17) is 11.6 Å². The van der Waals surface area contributed by atoms with Crippen LogP contribution in [0.15, 0.2) is 29.2 Å². The number of amides is 3. The Labute approximate surface area is 120 Å². The second-order valence-electron chi connectivity index (χ2n) is 4.16. The second-order valence-corrected chi connectivity index (χ2v) is 6.36. The molecule has 1 aliphatic rings. The molecule has 7 nitrogen and oxygen atoms in total. The van der Waals surface area contributed by atoms with E-state index in [1.165, 1.54) is 18.2 Å². The first-order valence-electron chi connectivity index (χ1n) is 5.75. The molecular weight excluding hydrogens is 306 g/mol. The smallest absolute Gasteiger partial charge is 0.322 e. The number of rotatable bonds is 5. The van der Waals surface area contributed by atoms with Crippen LogP contribution in [0.3, 0.4) is 0 Å². The topological polar surface area (TPSA) is 104 Å². The second kappa shape index (κ2) is 5.78. The van der Waals surface area contributed by atoms with Crippen molar-refractivity contribution in [1.29, 1.82) is 0 Å². The summed E-state index contributed by atoms with van der Waals surface area (Å²) >= 11 is 5.73. The zero-order valence-electron chi connectivity index (χ0n) is 10.2. The number of hydrogen-bond acceptors (Lipinski definition) is 4. The normalized spacial score (nSPS) is 18.8. The van der Waals surface area contributed by atoms with Gasteiger partial charge in [0, 0.05) is 11.6 Å². The number of hydrogen-bond donors (Lipinski definition) is 3. The van der Waals surface area contributed by atoms with Crippen LogP contribution in [0.5, 0.6) is 0 Å². The van der Waals surface area contributed by atoms with Crippen LogP contribution in [0, 0.1) is 0 Å². The molecule has 0 saturated carbocycles. The highest BCUT2D eigenvalue weighted by atomic mass is 35.5. The third kappa shape index (κ3) is 3.47. The van der Waals surface area contributed by atoms with Gasteiger partial charge in [0.05, 0.1) is 4.90 Å². The zero-order valence-corrected chi connectivity index (χ0v) is 11.8. The molecule has 1 aliphatic heterocycles. The average molecular weight is 318 g/mol. The van der Waals surface area contributed by atoms with Crippen molar-refractivity contribution in [3.63, 3.8) is 0 Å². The summed E-state index contributed by atoms with van der Waals surface area (Å²) in [6.07, 6.45) is 0.164. The van der Waals surface area contributed by atoms with Crippen molar-refractivity contribution in [2.24, 2.45) is 0 Å². The number of sulfonamides is 1. The van der Waals surface area contributed by atoms with Crippen molar-refractivity contribution in [1.82, 2.24) is 15.4 Å². The maximum Gasteiger partial charge on any atom is 0.322 e. The van der Waals surface area contributed by atoms with Crippen molar-refractivity contribution in [2.45, 2.75) is 17.4 Å². The van der Waals surface area contributed by atoms with Gasteiger partial charge in [0.15, 0.2) is 0 Å². The lowest BCUT2D eigenvalue weighted by atomic mass is 10.2. The van der Waals surface area contributed by atoms with Crippen LogP contribution >= 0.6 is 11.6 Å². The first-order valence-corrected chi connectivity index (χ1v) is 7.61. The van der Waals surface area contributed by atoms with Crippen molar-refractivity contribution in [3.8, 4) is 0 Å². The summed E-state index contributed by atoms with van der Waals surface area (Å²) in [6.45, 7) is 0.0210. The number of halogens is 1. The van der Waals surface area contributed by atoms with Gasteiger partial charge in [-0.15, -0.1) is 0 Å². The summed E-state index contributed by atoms with van der Waals surface area (Å²) in [6, 6.07) is 4.55. The Balaban J connectivity index is 1.93. The van der Waals surface area contributed by atoms with E-state index in [0.717, 1.165) is 0 Å². The first-order chi connectivity index (χ1) is 9.38. The van der Waals surface area contributed by atoms with Gasteiger partial charge in [-0.1, -0.05) is 17.7 Å². The Kier molecular flexibility index (Phi) is 4.26. The summed E-state index contributed by atoms with van der Waals surface area (Å²) in [7, 11) is -3.68. The Morgan fingerprint density at radius 1 is 1.30 bits per heavy atom. The fourth-order valence-electron chi connectivity index (χ4n) is 1.72.